The third kappa shape index (κ3) is 2.49. The molecule has 0 unspecified atom stereocenters. The van der Waals surface area contributed by atoms with Gasteiger partial charge in [0.25, 0.3) is 0 Å². The fourth-order valence-corrected chi connectivity index (χ4v) is 1.47. The summed E-state index contributed by atoms with van der Waals surface area (Å²) in [5, 5.41) is 0. The Balaban J connectivity index is 2.91. The second-order valence-electron chi connectivity index (χ2n) is 4.15. The van der Waals surface area contributed by atoms with Gasteiger partial charge in [-0.25, -0.2) is 0 Å². The third-order valence-electron chi connectivity index (χ3n) is 2.31. The summed E-state index contributed by atoms with van der Waals surface area (Å²) in [7, 11) is 0. The molecule has 3 heteroatoms. The number of anilines is 1. The quantitative estimate of drug-likeness (QED) is 0.711. The van der Waals surface area contributed by atoms with E-state index in [1.807, 2.05) is 38.1 Å². The van der Waals surface area contributed by atoms with Gasteiger partial charge < -0.3 is 11.5 Å². The number of hydrogen-bond acceptors (Lipinski definition) is 2. The van der Waals surface area contributed by atoms with Gasteiger partial charge in [0.1, 0.15) is 0 Å². The maximum Gasteiger partial charge on any atom is 0.218 e. The van der Waals surface area contributed by atoms with Crippen molar-refractivity contribution in [2.45, 2.75) is 25.7 Å². The second-order valence-corrected chi connectivity index (χ2v) is 4.15. The van der Waals surface area contributed by atoms with Gasteiger partial charge in [0.05, 0.1) is 0 Å². The predicted molar refractivity (Wildman–Crippen MR) is 57.7 cm³/mol. The normalized spacial score (nSPS) is 11.3. The molecule has 0 saturated carbocycles. The van der Waals surface area contributed by atoms with Crippen LogP contribution >= 0.6 is 0 Å². The highest BCUT2D eigenvalue weighted by Crippen LogP contribution is 2.27. The molecular weight excluding hydrogens is 176 g/mol. The van der Waals surface area contributed by atoms with E-state index in [0.29, 0.717) is 6.42 Å². The molecule has 0 aliphatic carbocycles. The van der Waals surface area contributed by atoms with Gasteiger partial charge in [-0.3, -0.25) is 4.79 Å². The van der Waals surface area contributed by atoms with Crippen LogP contribution in [-0.4, -0.2) is 5.91 Å². The van der Waals surface area contributed by atoms with Crippen molar-refractivity contribution in [3.8, 4) is 0 Å². The number of nitrogens with two attached hydrogens (primary N) is 2. The van der Waals surface area contributed by atoms with Crippen LogP contribution in [0.5, 0.6) is 0 Å². The minimum absolute atomic E-state index is 0.223. The minimum Gasteiger partial charge on any atom is -0.399 e. The molecule has 1 aromatic carbocycles. The molecule has 0 heterocycles. The van der Waals surface area contributed by atoms with Crippen molar-refractivity contribution in [3.05, 3.63) is 29.8 Å². The van der Waals surface area contributed by atoms with E-state index < -0.39 is 0 Å². The highest BCUT2D eigenvalue weighted by Gasteiger charge is 2.22. The van der Waals surface area contributed by atoms with E-state index in [4.69, 9.17) is 11.5 Å². The number of amides is 1. The Bertz CT molecular complexity index is 328. The number of carbonyl (C=O) groups is 1. The number of benzene rings is 1. The molecule has 0 spiro atoms. The summed E-state index contributed by atoms with van der Waals surface area (Å²) in [5.41, 5.74) is 12.3. The van der Waals surface area contributed by atoms with Gasteiger partial charge in [0.2, 0.25) is 5.91 Å². The largest absolute Gasteiger partial charge is 0.399 e. The molecule has 0 aliphatic rings. The van der Waals surface area contributed by atoms with Gasteiger partial charge in [-0.1, -0.05) is 26.0 Å². The Morgan fingerprint density at radius 1 is 1.29 bits per heavy atom. The summed E-state index contributed by atoms with van der Waals surface area (Å²) in [6.45, 7) is 3.98. The minimum atomic E-state index is -0.285. The molecule has 1 amide bonds. The molecule has 0 aromatic heterocycles. The zero-order valence-corrected chi connectivity index (χ0v) is 8.58. The Morgan fingerprint density at radius 2 is 1.79 bits per heavy atom. The Kier molecular flexibility index (Phi) is 2.79. The average Bonchev–Trinajstić information content (AvgIpc) is 2.02. The van der Waals surface area contributed by atoms with Crippen LogP contribution in [0.4, 0.5) is 5.69 Å². The van der Waals surface area contributed by atoms with E-state index in [-0.39, 0.29) is 11.3 Å². The molecule has 0 fully saturated rings. The molecule has 3 nitrogen and oxygen atoms in total. The first kappa shape index (κ1) is 10.6. The second kappa shape index (κ2) is 3.70. The van der Waals surface area contributed by atoms with Crippen LogP contribution in [0.15, 0.2) is 24.3 Å². The fraction of sp³-hybridized carbons (Fsp3) is 0.364. The lowest BCUT2D eigenvalue weighted by Gasteiger charge is -2.23. The Labute approximate surface area is 84.1 Å². The Morgan fingerprint density at radius 3 is 2.21 bits per heavy atom. The van der Waals surface area contributed by atoms with Crippen molar-refractivity contribution in [3.63, 3.8) is 0 Å². The van der Waals surface area contributed by atoms with E-state index in [2.05, 4.69) is 0 Å². The van der Waals surface area contributed by atoms with E-state index in [9.17, 15) is 4.79 Å². The highest BCUT2D eigenvalue weighted by atomic mass is 16.1. The lowest BCUT2D eigenvalue weighted by molar-refractivity contribution is -0.119. The molecule has 0 atom stereocenters. The first-order valence-corrected chi connectivity index (χ1v) is 4.56. The van der Waals surface area contributed by atoms with Crippen LogP contribution in [0.3, 0.4) is 0 Å². The monoisotopic (exact) mass is 192 g/mol. The Hall–Kier alpha value is -1.51. The number of carbonyl (C=O) groups excluding carboxylic acids is 1. The maximum absolute atomic E-state index is 10.9. The molecular formula is C11H16N2O. The van der Waals surface area contributed by atoms with Crippen molar-refractivity contribution >= 4 is 11.6 Å². The van der Waals surface area contributed by atoms with Crippen molar-refractivity contribution in [2.75, 3.05) is 5.73 Å². The summed E-state index contributed by atoms with van der Waals surface area (Å²) >= 11 is 0. The zero-order valence-electron chi connectivity index (χ0n) is 8.58. The molecule has 0 saturated heterocycles. The predicted octanol–water partition coefficient (Wildman–Crippen LogP) is 1.42. The van der Waals surface area contributed by atoms with Crippen LogP contribution in [0, 0.1) is 0 Å². The summed E-state index contributed by atoms with van der Waals surface area (Å²) in [4.78, 5) is 10.9. The smallest absolute Gasteiger partial charge is 0.218 e. The van der Waals surface area contributed by atoms with Crippen molar-refractivity contribution in [1.29, 1.82) is 0 Å². The zero-order chi connectivity index (χ0) is 10.8. The molecule has 76 valence electrons. The number of hydrogen-bond donors (Lipinski definition) is 2. The average molecular weight is 192 g/mol. The van der Waals surface area contributed by atoms with E-state index in [0.717, 1.165) is 11.3 Å². The van der Waals surface area contributed by atoms with Gasteiger partial charge in [0, 0.05) is 12.1 Å². The lowest BCUT2D eigenvalue weighted by atomic mass is 9.81. The van der Waals surface area contributed by atoms with Crippen LogP contribution in [0.2, 0.25) is 0 Å². The van der Waals surface area contributed by atoms with Gasteiger partial charge in [-0.05, 0) is 23.1 Å². The van der Waals surface area contributed by atoms with E-state index in [1.54, 1.807) is 0 Å². The van der Waals surface area contributed by atoms with Crippen molar-refractivity contribution < 1.29 is 4.79 Å². The first-order valence-electron chi connectivity index (χ1n) is 4.56. The molecule has 4 N–H and O–H groups in total. The summed E-state index contributed by atoms with van der Waals surface area (Å²) in [5.74, 6) is -0.285. The van der Waals surface area contributed by atoms with Gasteiger partial charge in [-0.2, -0.15) is 0 Å². The fourth-order valence-electron chi connectivity index (χ4n) is 1.47. The number of primary amides is 1. The summed E-state index contributed by atoms with van der Waals surface area (Å²) in [6.07, 6.45) is 0.344. The number of nitrogen functional groups attached to an aromatic ring is 1. The van der Waals surface area contributed by atoms with Gasteiger partial charge >= 0.3 is 0 Å². The molecule has 14 heavy (non-hydrogen) atoms. The molecule has 1 rings (SSSR count). The lowest BCUT2D eigenvalue weighted by Crippen LogP contribution is -2.26. The maximum atomic E-state index is 10.9. The van der Waals surface area contributed by atoms with Crippen LogP contribution in [0.1, 0.15) is 25.8 Å². The van der Waals surface area contributed by atoms with Crippen LogP contribution < -0.4 is 11.5 Å². The SMILES string of the molecule is CC(C)(CC(N)=O)c1ccc(N)cc1. The van der Waals surface area contributed by atoms with Crippen LogP contribution in [-0.2, 0) is 10.2 Å². The summed E-state index contributed by atoms with van der Waals surface area (Å²) < 4.78 is 0. The number of rotatable bonds is 3. The van der Waals surface area contributed by atoms with E-state index in [1.165, 1.54) is 0 Å². The summed E-state index contributed by atoms with van der Waals surface area (Å²) in [6, 6.07) is 7.52. The van der Waals surface area contributed by atoms with Crippen LogP contribution in [0.25, 0.3) is 0 Å². The first-order chi connectivity index (χ1) is 6.42. The molecule has 0 aliphatic heterocycles. The van der Waals surface area contributed by atoms with Gasteiger partial charge in [0.15, 0.2) is 0 Å². The molecule has 0 bridgehead atoms. The van der Waals surface area contributed by atoms with Crippen molar-refractivity contribution in [1.82, 2.24) is 0 Å². The highest BCUT2D eigenvalue weighted by molar-refractivity contribution is 5.75. The molecule has 0 radical (unpaired) electrons. The topological polar surface area (TPSA) is 69.1 Å². The molecule has 1 aromatic rings. The van der Waals surface area contributed by atoms with Crippen molar-refractivity contribution in [2.24, 2.45) is 5.73 Å². The van der Waals surface area contributed by atoms with Gasteiger partial charge in [-0.15, -0.1) is 0 Å². The standard InChI is InChI=1S/C11H16N2O/c1-11(2,7-10(13)14)8-3-5-9(12)6-4-8/h3-6H,7,12H2,1-2H3,(H2,13,14). The van der Waals surface area contributed by atoms with E-state index >= 15 is 0 Å². The third-order valence-corrected chi connectivity index (χ3v) is 2.31.